The van der Waals surface area contributed by atoms with Gasteiger partial charge in [-0.3, -0.25) is 0 Å². The molecular weight excluding hydrogens is 238 g/mol. The molecule has 0 fully saturated rings. The van der Waals surface area contributed by atoms with Crippen molar-refractivity contribution in [1.29, 1.82) is 0 Å². The number of aryl methyl sites for hydroxylation is 1. The molecule has 18 heavy (non-hydrogen) atoms. The van der Waals surface area contributed by atoms with E-state index in [1.54, 1.807) is 6.92 Å². The van der Waals surface area contributed by atoms with Gasteiger partial charge in [0.25, 0.3) is 0 Å². The van der Waals surface area contributed by atoms with Crippen LogP contribution in [0.1, 0.15) is 22.1 Å². The predicted octanol–water partition coefficient (Wildman–Crippen LogP) is 0.521. The summed E-state index contributed by atoms with van der Waals surface area (Å²) in [4.78, 5) is 14.9. The van der Waals surface area contributed by atoms with Crippen LogP contribution in [0.5, 0.6) is 0 Å². The highest BCUT2D eigenvalue weighted by Gasteiger charge is 2.11. The highest BCUT2D eigenvalue weighted by atomic mass is 16.5. The van der Waals surface area contributed by atoms with Gasteiger partial charge in [0.1, 0.15) is 5.56 Å². The zero-order valence-corrected chi connectivity index (χ0v) is 9.62. The second-order valence-corrected chi connectivity index (χ2v) is 3.51. The number of anilines is 1. The van der Waals surface area contributed by atoms with Crippen molar-refractivity contribution in [3.05, 3.63) is 29.5 Å². The number of rotatable bonds is 5. The van der Waals surface area contributed by atoms with Gasteiger partial charge in [0.15, 0.2) is 11.6 Å². The monoisotopic (exact) mass is 249 g/mol. The molecule has 0 aliphatic heterocycles. The Kier molecular flexibility index (Phi) is 3.46. The summed E-state index contributed by atoms with van der Waals surface area (Å²) in [5, 5.41) is 22.9. The number of nitrogens with zero attached hydrogens (tertiary/aromatic N) is 4. The summed E-state index contributed by atoms with van der Waals surface area (Å²) in [6.45, 7) is 2.15. The number of aromatic nitrogens is 4. The summed E-state index contributed by atoms with van der Waals surface area (Å²) in [5.41, 5.74) is 0.0780. The van der Waals surface area contributed by atoms with Crippen molar-refractivity contribution in [3.63, 3.8) is 0 Å². The number of hydrogen-bond donors (Lipinski definition) is 2. The second kappa shape index (κ2) is 5.21. The molecule has 8 heteroatoms. The average Bonchev–Trinajstić information content (AvgIpc) is 2.75. The Morgan fingerprint density at radius 1 is 1.56 bits per heavy atom. The maximum atomic E-state index is 10.9. The molecule has 0 spiro atoms. The third-order valence-electron chi connectivity index (χ3n) is 2.16. The molecule has 94 valence electrons. The molecule has 0 bridgehead atoms. The first-order valence-electron chi connectivity index (χ1n) is 5.25. The van der Waals surface area contributed by atoms with E-state index in [0.717, 1.165) is 0 Å². The number of hydrogen-bond acceptors (Lipinski definition) is 7. The Hall–Kier alpha value is -2.51. The molecule has 0 atom stereocenters. The Balaban J connectivity index is 1.96. The van der Waals surface area contributed by atoms with Gasteiger partial charge in [-0.1, -0.05) is 5.16 Å². The second-order valence-electron chi connectivity index (χ2n) is 3.51. The lowest BCUT2D eigenvalue weighted by molar-refractivity contribution is 0.0697. The topological polar surface area (TPSA) is 114 Å². The number of carbonyl (C=O) groups is 1. The van der Waals surface area contributed by atoms with E-state index in [4.69, 9.17) is 9.63 Å². The molecule has 0 amide bonds. The predicted molar refractivity (Wildman–Crippen MR) is 60.2 cm³/mol. The normalized spacial score (nSPS) is 10.3. The van der Waals surface area contributed by atoms with E-state index in [-0.39, 0.29) is 11.4 Å². The van der Waals surface area contributed by atoms with E-state index in [1.807, 2.05) is 0 Å². The van der Waals surface area contributed by atoms with Crippen LogP contribution in [0.25, 0.3) is 0 Å². The molecule has 8 nitrogen and oxygen atoms in total. The third-order valence-corrected chi connectivity index (χ3v) is 2.16. The van der Waals surface area contributed by atoms with Gasteiger partial charge in [-0.2, -0.15) is 10.1 Å². The maximum Gasteiger partial charge on any atom is 0.339 e. The van der Waals surface area contributed by atoms with Gasteiger partial charge < -0.3 is 14.9 Å². The van der Waals surface area contributed by atoms with Crippen molar-refractivity contribution in [2.24, 2.45) is 0 Å². The van der Waals surface area contributed by atoms with Crippen molar-refractivity contribution in [3.8, 4) is 0 Å². The van der Waals surface area contributed by atoms with Crippen LogP contribution in [0.15, 0.2) is 16.8 Å². The third kappa shape index (κ3) is 2.78. The lowest BCUT2D eigenvalue weighted by Gasteiger charge is -2.05. The summed E-state index contributed by atoms with van der Waals surface area (Å²) in [7, 11) is 0. The largest absolute Gasteiger partial charge is 0.478 e. The highest BCUT2D eigenvalue weighted by Crippen LogP contribution is 2.09. The minimum Gasteiger partial charge on any atom is -0.478 e. The molecule has 2 N–H and O–H groups in total. The van der Waals surface area contributed by atoms with Gasteiger partial charge in [0.05, 0.1) is 6.20 Å². The minimum atomic E-state index is -1.05. The number of carboxylic acids is 1. The van der Waals surface area contributed by atoms with E-state index < -0.39 is 5.97 Å². The molecule has 2 heterocycles. The number of carboxylic acid groups (broad SMARTS) is 1. The number of aromatic carboxylic acids is 1. The van der Waals surface area contributed by atoms with Crippen molar-refractivity contribution < 1.29 is 14.4 Å². The zero-order chi connectivity index (χ0) is 13.0. The van der Waals surface area contributed by atoms with Gasteiger partial charge in [0, 0.05) is 19.9 Å². The first kappa shape index (κ1) is 12.0. The molecule has 0 saturated carbocycles. The van der Waals surface area contributed by atoms with E-state index in [0.29, 0.717) is 24.7 Å². The van der Waals surface area contributed by atoms with E-state index in [1.165, 1.54) is 12.3 Å². The zero-order valence-electron chi connectivity index (χ0n) is 9.62. The maximum absolute atomic E-state index is 10.9. The smallest absolute Gasteiger partial charge is 0.339 e. The molecule has 0 radical (unpaired) electrons. The van der Waals surface area contributed by atoms with E-state index >= 15 is 0 Å². The molecule has 0 unspecified atom stereocenters. The average molecular weight is 249 g/mol. The van der Waals surface area contributed by atoms with Crippen molar-refractivity contribution in [2.75, 3.05) is 11.9 Å². The fraction of sp³-hybridized carbons (Fsp3) is 0.300. The number of nitrogens with one attached hydrogen (secondary N) is 1. The summed E-state index contributed by atoms with van der Waals surface area (Å²) in [5.74, 6) is 0.226. The molecule has 0 aromatic carbocycles. The summed E-state index contributed by atoms with van der Waals surface area (Å²) >= 11 is 0. The van der Waals surface area contributed by atoms with Crippen LogP contribution in [-0.4, -0.2) is 38.0 Å². The van der Waals surface area contributed by atoms with Gasteiger partial charge in [-0.25, -0.2) is 4.79 Å². The molecular formula is C10H11N5O3. The standard InChI is InChI=1S/C10H11N5O3/c1-6-13-8(15-18-6)3-4-11-9-7(10(16)17)2-5-12-14-9/h2,5H,3-4H2,1H3,(H,11,14)(H,16,17). The van der Waals surface area contributed by atoms with Crippen LogP contribution in [-0.2, 0) is 6.42 Å². The van der Waals surface area contributed by atoms with Crippen LogP contribution >= 0.6 is 0 Å². The fourth-order valence-corrected chi connectivity index (χ4v) is 1.37. The van der Waals surface area contributed by atoms with Gasteiger partial charge in [-0.15, -0.1) is 5.10 Å². The van der Waals surface area contributed by atoms with Crippen molar-refractivity contribution in [2.45, 2.75) is 13.3 Å². The van der Waals surface area contributed by atoms with Crippen LogP contribution in [0.2, 0.25) is 0 Å². The highest BCUT2D eigenvalue weighted by molar-refractivity contribution is 5.92. The first-order valence-corrected chi connectivity index (χ1v) is 5.25. The Morgan fingerprint density at radius 2 is 2.39 bits per heavy atom. The first-order chi connectivity index (χ1) is 8.66. The molecule has 2 rings (SSSR count). The quantitative estimate of drug-likeness (QED) is 0.788. The van der Waals surface area contributed by atoms with E-state index in [2.05, 4.69) is 25.7 Å². The molecule has 0 aliphatic rings. The summed E-state index contributed by atoms with van der Waals surface area (Å²) < 4.78 is 4.82. The minimum absolute atomic E-state index is 0.0780. The Morgan fingerprint density at radius 3 is 3.06 bits per heavy atom. The summed E-state index contributed by atoms with van der Waals surface area (Å²) in [6.07, 6.45) is 1.84. The Bertz CT molecular complexity index is 554. The SMILES string of the molecule is Cc1nc(CCNc2nnccc2C(=O)O)no1. The van der Waals surface area contributed by atoms with Crippen molar-refractivity contribution in [1.82, 2.24) is 20.3 Å². The van der Waals surface area contributed by atoms with Gasteiger partial charge >= 0.3 is 5.97 Å². The van der Waals surface area contributed by atoms with Crippen LogP contribution in [0, 0.1) is 6.92 Å². The molecule has 2 aromatic heterocycles. The van der Waals surface area contributed by atoms with Crippen LogP contribution < -0.4 is 5.32 Å². The lowest BCUT2D eigenvalue weighted by atomic mass is 10.3. The fourth-order valence-electron chi connectivity index (χ4n) is 1.37. The molecule has 2 aromatic rings. The molecule has 0 aliphatic carbocycles. The lowest BCUT2D eigenvalue weighted by Crippen LogP contribution is -2.12. The van der Waals surface area contributed by atoms with Crippen LogP contribution in [0.4, 0.5) is 5.82 Å². The van der Waals surface area contributed by atoms with Crippen molar-refractivity contribution >= 4 is 11.8 Å². The van der Waals surface area contributed by atoms with Crippen LogP contribution in [0.3, 0.4) is 0 Å². The van der Waals surface area contributed by atoms with E-state index in [9.17, 15) is 4.79 Å². The molecule has 0 saturated heterocycles. The van der Waals surface area contributed by atoms with Gasteiger partial charge in [-0.05, 0) is 6.07 Å². The summed E-state index contributed by atoms with van der Waals surface area (Å²) in [6, 6.07) is 1.39. The Labute approximate surface area is 102 Å². The van der Waals surface area contributed by atoms with Gasteiger partial charge in [0.2, 0.25) is 5.89 Å².